The first-order chi connectivity index (χ1) is 8.84. The predicted octanol–water partition coefficient (Wildman–Crippen LogP) is 3.70. The number of hydrogen-bond acceptors (Lipinski definition) is 2. The van der Waals surface area contributed by atoms with Crippen molar-refractivity contribution in [3.05, 3.63) is 59.1 Å². The second-order valence-electron chi connectivity index (χ2n) is 4.20. The Hall–Kier alpha value is -1.71. The van der Waals surface area contributed by atoms with Gasteiger partial charge in [0.2, 0.25) is 0 Å². The van der Waals surface area contributed by atoms with Crippen molar-refractivity contribution in [1.29, 1.82) is 0 Å². The summed E-state index contributed by atoms with van der Waals surface area (Å²) in [5.74, 6) is 0. The van der Waals surface area contributed by atoms with Crippen molar-refractivity contribution in [3.8, 4) is 0 Å². The third-order valence-electron chi connectivity index (χ3n) is 2.93. The van der Waals surface area contributed by atoms with Gasteiger partial charge >= 0.3 is 0 Å². The Labute approximate surface area is 110 Å². The molecule has 3 nitrogen and oxygen atoms in total. The van der Waals surface area contributed by atoms with E-state index in [9.17, 15) is 0 Å². The van der Waals surface area contributed by atoms with E-state index in [4.69, 9.17) is 16.0 Å². The smallest absolute Gasteiger partial charge is 0.0947 e. The van der Waals surface area contributed by atoms with Crippen LogP contribution in [0.15, 0.2) is 47.3 Å². The molecule has 0 radical (unpaired) electrons. The minimum atomic E-state index is 0.707. The van der Waals surface area contributed by atoms with Crippen molar-refractivity contribution in [3.63, 3.8) is 0 Å². The molecule has 4 heteroatoms. The first-order valence-electron chi connectivity index (χ1n) is 5.81. The minimum absolute atomic E-state index is 0.707. The van der Waals surface area contributed by atoms with E-state index >= 15 is 0 Å². The molecule has 0 fully saturated rings. The third-order valence-corrected chi connectivity index (χ3v) is 3.36. The van der Waals surface area contributed by atoms with Gasteiger partial charge in [-0.1, -0.05) is 29.8 Å². The number of benzene rings is 1. The summed E-state index contributed by atoms with van der Waals surface area (Å²) in [6.07, 6.45) is 3.41. The molecule has 1 aromatic carbocycles. The molecule has 0 spiro atoms. The average molecular weight is 261 g/mol. The first kappa shape index (κ1) is 11.4. The van der Waals surface area contributed by atoms with E-state index in [1.807, 2.05) is 30.3 Å². The van der Waals surface area contributed by atoms with Crippen LogP contribution in [0.5, 0.6) is 0 Å². The maximum atomic E-state index is 6.33. The number of nitrogens with one attached hydrogen (secondary N) is 2. The van der Waals surface area contributed by atoms with Crippen molar-refractivity contribution >= 4 is 22.5 Å². The van der Waals surface area contributed by atoms with Crippen molar-refractivity contribution in [2.45, 2.75) is 13.1 Å². The number of furan rings is 1. The lowest BCUT2D eigenvalue weighted by Gasteiger charge is -2.01. The fourth-order valence-electron chi connectivity index (χ4n) is 2.01. The van der Waals surface area contributed by atoms with Crippen molar-refractivity contribution in [1.82, 2.24) is 10.3 Å². The molecule has 2 heterocycles. The molecule has 92 valence electrons. The number of H-pyrrole nitrogens is 1. The molecular formula is C14H13ClN2O. The summed E-state index contributed by atoms with van der Waals surface area (Å²) in [7, 11) is 0. The molecule has 2 aromatic heterocycles. The summed E-state index contributed by atoms with van der Waals surface area (Å²) in [6, 6.07) is 9.98. The lowest BCUT2D eigenvalue weighted by molar-refractivity contribution is 0.560. The molecule has 18 heavy (non-hydrogen) atoms. The van der Waals surface area contributed by atoms with Crippen LogP contribution in [0.1, 0.15) is 11.3 Å². The lowest BCUT2D eigenvalue weighted by atomic mass is 10.2. The molecule has 3 rings (SSSR count). The Bertz CT molecular complexity index is 643. The zero-order valence-corrected chi connectivity index (χ0v) is 10.5. The third kappa shape index (κ3) is 2.15. The highest BCUT2D eigenvalue weighted by molar-refractivity contribution is 6.36. The van der Waals surface area contributed by atoms with Gasteiger partial charge in [-0.05, 0) is 12.1 Å². The Balaban J connectivity index is 1.73. The number of para-hydroxylation sites is 1. The van der Waals surface area contributed by atoms with Crippen LogP contribution in [0, 0.1) is 0 Å². The molecule has 0 unspecified atom stereocenters. The van der Waals surface area contributed by atoms with Gasteiger partial charge < -0.3 is 14.7 Å². The second kappa shape index (κ2) is 4.88. The Morgan fingerprint density at radius 1 is 1.17 bits per heavy atom. The van der Waals surface area contributed by atoms with E-state index in [0.29, 0.717) is 6.54 Å². The predicted molar refractivity (Wildman–Crippen MR) is 72.6 cm³/mol. The van der Waals surface area contributed by atoms with Crippen LogP contribution < -0.4 is 5.32 Å². The highest BCUT2D eigenvalue weighted by Crippen LogP contribution is 2.26. The van der Waals surface area contributed by atoms with Crippen molar-refractivity contribution in [2.75, 3.05) is 0 Å². The number of halogens is 1. The summed E-state index contributed by atoms with van der Waals surface area (Å²) in [6.45, 7) is 1.47. The van der Waals surface area contributed by atoms with Gasteiger partial charge in [-0.3, -0.25) is 0 Å². The quantitative estimate of drug-likeness (QED) is 0.751. The summed E-state index contributed by atoms with van der Waals surface area (Å²) in [5, 5.41) is 5.20. The normalized spacial score (nSPS) is 11.2. The van der Waals surface area contributed by atoms with Gasteiger partial charge in [-0.25, -0.2) is 0 Å². The van der Waals surface area contributed by atoms with E-state index in [0.717, 1.165) is 33.7 Å². The van der Waals surface area contributed by atoms with Gasteiger partial charge in [0.15, 0.2) is 0 Å². The number of hydrogen-bond donors (Lipinski definition) is 2. The summed E-state index contributed by atoms with van der Waals surface area (Å²) in [4.78, 5) is 3.33. The van der Waals surface area contributed by atoms with E-state index in [2.05, 4.69) is 10.3 Å². The van der Waals surface area contributed by atoms with E-state index in [1.165, 1.54) is 0 Å². The minimum Gasteiger partial charge on any atom is -0.472 e. The number of aromatic nitrogens is 1. The molecule has 0 aliphatic heterocycles. The highest BCUT2D eigenvalue weighted by Gasteiger charge is 2.08. The van der Waals surface area contributed by atoms with Crippen LogP contribution in [-0.4, -0.2) is 4.98 Å². The van der Waals surface area contributed by atoms with Crippen LogP contribution in [0.2, 0.25) is 5.02 Å². The molecule has 0 atom stereocenters. The molecule has 0 aliphatic rings. The van der Waals surface area contributed by atoms with Crippen LogP contribution >= 0.6 is 11.6 Å². The molecule has 0 bridgehead atoms. The fourth-order valence-corrected chi connectivity index (χ4v) is 2.29. The standard InChI is InChI=1S/C14H13ClN2O/c15-14-11-3-1-2-4-12(11)17-13(14)8-16-7-10-5-6-18-9-10/h1-6,9,16-17H,7-8H2. The average Bonchev–Trinajstić information content (AvgIpc) is 3.00. The topological polar surface area (TPSA) is 41.0 Å². The van der Waals surface area contributed by atoms with Crippen LogP contribution in [-0.2, 0) is 13.1 Å². The summed E-state index contributed by atoms with van der Waals surface area (Å²) >= 11 is 6.33. The molecular weight excluding hydrogens is 248 g/mol. The zero-order valence-electron chi connectivity index (χ0n) is 9.74. The second-order valence-corrected chi connectivity index (χ2v) is 4.58. The van der Waals surface area contributed by atoms with E-state index in [-0.39, 0.29) is 0 Å². The zero-order chi connectivity index (χ0) is 12.4. The van der Waals surface area contributed by atoms with E-state index in [1.54, 1.807) is 12.5 Å². The Morgan fingerprint density at radius 2 is 2.06 bits per heavy atom. The Kier molecular flexibility index (Phi) is 3.09. The van der Waals surface area contributed by atoms with Gasteiger partial charge in [0, 0.05) is 35.2 Å². The fraction of sp³-hybridized carbons (Fsp3) is 0.143. The van der Waals surface area contributed by atoms with Crippen molar-refractivity contribution < 1.29 is 4.42 Å². The molecule has 3 aromatic rings. The maximum Gasteiger partial charge on any atom is 0.0947 e. The number of fused-ring (bicyclic) bond motifs is 1. The number of aromatic amines is 1. The van der Waals surface area contributed by atoms with Gasteiger partial charge in [0.25, 0.3) is 0 Å². The van der Waals surface area contributed by atoms with Gasteiger partial charge in [0.1, 0.15) is 0 Å². The Morgan fingerprint density at radius 3 is 2.83 bits per heavy atom. The van der Waals surface area contributed by atoms with Crippen LogP contribution in [0.4, 0.5) is 0 Å². The van der Waals surface area contributed by atoms with Gasteiger partial charge in [0.05, 0.1) is 17.5 Å². The largest absolute Gasteiger partial charge is 0.472 e. The summed E-state index contributed by atoms with van der Waals surface area (Å²) in [5.41, 5.74) is 3.21. The van der Waals surface area contributed by atoms with Crippen molar-refractivity contribution in [2.24, 2.45) is 0 Å². The van der Waals surface area contributed by atoms with Crippen LogP contribution in [0.3, 0.4) is 0 Å². The SMILES string of the molecule is Clc1c(CNCc2ccoc2)[nH]c2ccccc12. The first-order valence-corrected chi connectivity index (χ1v) is 6.19. The summed E-state index contributed by atoms with van der Waals surface area (Å²) < 4.78 is 5.02. The maximum absolute atomic E-state index is 6.33. The highest BCUT2D eigenvalue weighted by atomic mass is 35.5. The molecule has 0 saturated heterocycles. The lowest BCUT2D eigenvalue weighted by Crippen LogP contribution is -2.12. The molecule has 0 saturated carbocycles. The van der Waals surface area contributed by atoms with Gasteiger partial charge in [-0.15, -0.1) is 0 Å². The number of rotatable bonds is 4. The molecule has 2 N–H and O–H groups in total. The van der Waals surface area contributed by atoms with Crippen LogP contribution in [0.25, 0.3) is 10.9 Å². The van der Waals surface area contributed by atoms with Gasteiger partial charge in [-0.2, -0.15) is 0 Å². The monoisotopic (exact) mass is 260 g/mol. The molecule has 0 amide bonds. The van der Waals surface area contributed by atoms with E-state index < -0.39 is 0 Å². The molecule has 0 aliphatic carbocycles.